The van der Waals surface area contributed by atoms with Gasteiger partial charge in [-0.1, -0.05) is 148 Å². The Bertz CT molecular complexity index is 1620. The topological polar surface area (TPSA) is 43.5 Å². The molecule has 0 radical (unpaired) electrons. The Labute approximate surface area is 304 Å². The molecule has 2 aromatic rings. The molecule has 0 amide bonds. The lowest BCUT2D eigenvalue weighted by atomic mass is 9.77. The van der Waals surface area contributed by atoms with Gasteiger partial charge in [-0.2, -0.15) is 4.58 Å². The second-order valence-corrected chi connectivity index (χ2v) is 16.1. The zero-order valence-corrected chi connectivity index (χ0v) is 32.3. The van der Waals surface area contributed by atoms with Crippen molar-refractivity contribution in [1.82, 2.24) is 0 Å². The van der Waals surface area contributed by atoms with Crippen LogP contribution in [0.4, 0.5) is 11.4 Å². The van der Waals surface area contributed by atoms with Gasteiger partial charge in [-0.25, -0.2) is 0 Å². The van der Waals surface area contributed by atoms with E-state index >= 15 is 0 Å². The van der Waals surface area contributed by atoms with Crippen LogP contribution < -0.4 is 4.90 Å². The van der Waals surface area contributed by atoms with Gasteiger partial charge in [0.2, 0.25) is 11.5 Å². The van der Waals surface area contributed by atoms with E-state index in [-0.39, 0.29) is 22.4 Å². The standard InChI is InChI=1S/C46H64N2O2/c1-7-9-11-13-15-17-19-25-31-47-39-29-23-21-27-37(39)45(3,4)41(47)33-35-43(49)36(44(35)50)34-42-46(5,6)38-28-22-24-30-40(38)48(42)32-26-20-18-16-14-12-10-8-2/h21-24,27-30,33-34H,7-20,25-26,31-32H2,1-6H3/p+1. The lowest BCUT2D eigenvalue weighted by Crippen LogP contribution is -2.32. The van der Waals surface area contributed by atoms with Crippen LogP contribution >= 0.6 is 0 Å². The van der Waals surface area contributed by atoms with Crippen molar-refractivity contribution in [2.45, 2.75) is 155 Å². The van der Waals surface area contributed by atoms with Gasteiger partial charge < -0.3 is 10.0 Å². The largest absolute Gasteiger partial charge is 0.506 e. The van der Waals surface area contributed by atoms with Gasteiger partial charge in [-0.15, -0.1) is 0 Å². The first-order valence-corrected chi connectivity index (χ1v) is 20.2. The number of para-hydroxylation sites is 2. The molecule has 0 atom stereocenters. The number of aliphatic hydroxyl groups excluding tert-OH is 1. The van der Waals surface area contributed by atoms with Gasteiger partial charge >= 0.3 is 0 Å². The third-order valence-electron chi connectivity index (χ3n) is 11.6. The van der Waals surface area contributed by atoms with Crippen LogP contribution in [0.25, 0.3) is 0 Å². The number of ketones is 1. The van der Waals surface area contributed by atoms with Gasteiger partial charge in [-0.05, 0) is 44.4 Å². The highest BCUT2D eigenvalue weighted by Gasteiger charge is 2.47. The number of hydrogen-bond donors (Lipinski definition) is 1. The molecule has 2 aliphatic heterocycles. The maximum atomic E-state index is 14.0. The number of carbonyl (C=O) groups is 1. The first-order chi connectivity index (χ1) is 24.1. The molecular formula is C46H65N2O2+. The highest BCUT2D eigenvalue weighted by atomic mass is 16.3. The number of Topliss-reactive ketones (excluding diaryl/α,β-unsaturated/α-hetero) is 1. The van der Waals surface area contributed by atoms with Gasteiger partial charge in [0.15, 0.2) is 5.71 Å². The van der Waals surface area contributed by atoms with E-state index in [4.69, 9.17) is 0 Å². The van der Waals surface area contributed by atoms with Crippen molar-refractivity contribution in [2.75, 3.05) is 18.0 Å². The second-order valence-electron chi connectivity index (χ2n) is 16.1. The maximum Gasteiger partial charge on any atom is 0.209 e. The number of anilines is 1. The van der Waals surface area contributed by atoms with Crippen molar-refractivity contribution in [3.05, 3.63) is 94.4 Å². The Morgan fingerprint density at radius 3 is 1.82 bits per heavy atom. The third-order valence-corrected chi connectivity index (χ3v) is 11.6. The lowest BCUT2D eigenvalue weighted by Gasteiger charge is -2.29. The van der Waals surface area contributed by atoms with Crippen LogP contribution in [0.1, 0.15) is 155 Å². The van der Waals surface area contributed by atoms with E-state index in [1.807, 2.05) is 12.2 Å². The number of allylic oxidation sites excluding steroid dienone is 5. The summed E-state index contributed by atoms with van der Waals surface area (Å²) in [6.45, 7) is 15.4. The molecule has 2 heterocycles. The number of fused-ring (bicyclic) bond motifs is 2. The molecule has 1 N–H and O–H groups in total. The van der Waals surface area contributed by atoms with Crippen LogP contribution in [-0.4, -0.2) is 34.3 Å². The van der Waals surface area contributed by atoms with Crippen LogP contribution in [0, 0.1) is 0 Å². The molecule has 0 spiro atoms. The average Bonchev–Trinajstić information content (AvgIpc) is 3.46. The van der Waals surface area contributed by atoms with Gasteiger partial charge in [0.05, 0.1) is 16.6 Å². The molecule has 2 aromatic carbocycles. The fourth-order valence-electron chi connectivity index (χ4n) is 8.48. The predicted octanol–water partition coefficient (Wildman–Crippen LogP) is 12.3. The molecule has 4 heteroatoms. The molecule has 3 aliphatic rings. The van der Waals surface area contributed by atoms with E-state index in [1.165, 1.54) is 112 Å². The Kier molecular flexibility index (Phi) is 13.0. The summed E-state index contributed by atoms with van der Waals surface area (Å²) in [5.74, 6) is 0.0765. The zero-order chi connectivity index (χ0) is 35.7. The highest BCUT2D eigenvalue weighted by Crippen LogP contribution is 2.49. The molecule has 0 bridgehead atoms. The number of rotatable bonds is 20. The van der Waals surface area contributed by atoms with E-state index in [2.05, 4.69) is 99.5 Å². The molecule has 0 saturated heterocycles. The van der Waals surface area contributed by atoms with Crippen molar-refractivity contribution in [3.8, 4) is 0 Å². The number of benzene rings is 2. The van der Waals surface area contributed by atoms with Crippen molar-refractivity contribution in [3.63, 3.8) is 0 Å². The molecule has 0 fully saturated rings. The number of unbranched alkanes of at least 4 members (excludes halogenated alkanes) is 14. The van der Waals surface area contributed by atoms with Crippen molar-refractivity contribution >= 4 is 22.9 Å². The molecule has 0 unspecified atom stereocenters. The smallest absolute Gasteiger partial charge is 0.209 e. The first-order valence-electron chi connectivity index (χ1n) is 20.2. The number of nitrogens with zero attached hydrogens (tertiary/aromatic N) is 2. The zero-order valence-electron chi connectivity index (χ0n) is 32.3. The highest BCUT2D eigenvalue weighted by molar-refractivity contribution is 6.24. The molecule has 50 heavy (non-hydrogen) atoms. The first kappa shape index (κ1) is 37.8. The van der Waals surface area contributed by atoms with Crippen molar-refractivity contribution in [1.29, 1.82) is 0 Å². The van der Waals surface area contributed by atoms with Gasteiger partial charge in [-0.3, -0.25) is 4.79 Å². The maximum absolute atomic E-state index is 14.0. The second kappa shape index (κ2) is 17.2. The van der Waals surface area contributed by atoms with Gasteiger partial charge in [0.25, 0.3) is 0 Å². The van der Waals surface area contributed by atoms with Crippen molar-refractivity contribution in [2.24, 2.45) is 0 Å². The third kappa shape index (κ3) is 8.05. The summed E-state index contributed by atoms with van der Waals surface area (Å²) in [5.41, 5.74) is 7.59. The Morgan fingerprint density at radius 2 is 1.20 bits per heavy atom. The summed E-state index contributed by atoms with van der Waals surface area (Å²) in [4.78, 5) is 16.4. The minimum Gasteiger partial charge on any atom is -0.506 e. The molecule has 5 rings (SSSR count). The fourth-order valence-corrected chi connectivity index (χ4v) is 8.48. The normalized spacial score (nSPS) is 19.2. The molecule has 1 aliphatic carbocycles. The number of hydrogen-bond acceptors (Lipinski definition) is 3. The van der Waals surface area contributed by atoms with Crippen LogP contribution in [0.5, 0.6) is 0 Å². The summed E-state index contributed by atoms with van der Waals surface area (Å²) in [6.07, 6.45) is 24.4. The molecule has 0 saturated carbocycles. The van der Waals surface area contributed by atoms with E-state index < -0.39 is 0 Å². The number of carbonyl (C=O) groups excluding carboxylic acids is 1. The number of aliphatic hydroxyl groups is 1. The Morgan fingerprint density at radius 1 is 0.660 bits per heavy atom. The molecule has 270 valence electrons. The fraction of sp³-hybridized carbons (Fsp3) is 0.565. The minimum atomic E-state index is -0.263. The van der Waals surface area contributed by atoms with E-state index in [9.17, 15) is 9.90 Å². The quantitative estimate of drug-likeness (QED) is 0.0862. The predicted molar refractivity (Wildman–Crippen MR) is 212 cm³/mol. The monoisotopic (exact) mass is 678 g/mol. The summed E-state index contributed by atoms with van der Waals surface area (Å²) in [7, 11) is 0. The van der Waals surface area contributed by atoms with E-state index in [1.54, 1.807) is 0 Å². The summed E-state index contributed by atoms with van der Waals surface area (Å²) >= 11 is 0. The van der Waals surface area contributed by atoms with E-state index in [0.717, 1.165) is 37.3 Å². The average molecular weight is 678 g/mol. The minimum absolute atomic E-state index is 0.0555. The van der Waals surface area contributed by atoms with Crippen molar-refractivity contribution < 1.29 is 14.5 Å². The van der Waals surface area contributed by atoms with Crippen LogP contribution in [0.2, 0.25) is 0 Å². The summed E-state index contributed by atoms with van der Waals surface area (Å²) < 4.78 is 2.42. The Balaban J connectivity index is 1.37. The molecule has 4 nitrogen and oxygen atoms in total. The van der Waals surface area contributed by atoms with Gasteiger partial charge in [0.1, 0.15) is 12.3 Å². The SMILES string of the molecule is CCCCCCCCCCN1/C(=C\C2=C(O)C(=C\C3=[N+](CCCCCCCCCC)c4ccccc4C3(C)C)/C2=O)C(C)(C)c2ccccc21. The van der Waals surface area contributed by atoms with Crippen LogP contribution in [-0.2, 0) is 15.6 Å². The van der Waals surface area contributed by atoms with E-state index in [0.29, 0.717) is 11.1 Å². The van der Waals surface area contributed by atoms with Crippen LogP contribution in [0.15, 0.2) is 83.3 Å². The van der Waals surface area contributed by atoms with Gasteiger partial charge in [0, 0.05) is 47.5 Å². The summed E-state index contributed by atoms with van der Waals surface area (Å²) in [6, 6.07) is 17.3. The lowest BCUT2D eigenvalue weighted by molar-refractivity contribution is -0.438. The van der Waals surface area contributed by atoms with Crippen LogP contribution in [0.3, 0.4) is 0 Å². The Hall–Kier alpha value is -3.40. The molecular weight excluding hydrogens is 613 g/mol. The molecule has 0 aromatic heterocycles. The summed E-state index contributed by atoms with van der Waals surface area (Å²) in [5, 5.41) is 11.6.